The molecule has 1 N–H and O–H groups in total. The quantitative estimate of drug-likeness (QED) is 0.897. The smallest absolute Gasteiger partial charge is 0.231 e. The first kappa shape index (κ1) is 16.9. The first-order valence-corrected chi connectivity index (χ1v) is 9.10. The molecule has 26 heavy (non-hydrogen) atoms. The van der Waals surface area contributed by atoms with Gasteiger partial charge in [-0.1, -0.05) is 11.6 Å². The number of anilines is 2. The van der Waals surface area contributed by atoms with E-state index in [1.54, 1.807) is 11.0 Å². The molecule has 1 atom stereocenters. The standard InChI is InChI=1S/C20H19ClN2O3/c21-15-3-8-18-13(11-15)10-14(12-26-18)20(25)22-16-4-6-17(7-5-16)23-9-1-2-19(23)24/h3-8,11,14H,1-2,9-10,12H2,(H,22,25). The molecule has 0 radical (unpaired) electrons. The van der Waals surface area contributed by atoms with Gasteiger partial charge in [-0.2, -0.15) is 0 Å². The number of hydrogen-bond acceptors (Lipinski definition) is 3. The predicted octanol–water partition coefficient (Wildman–Crippen LogP) is 3.66. The van der Waals surface area contributed by atoms with E-state index in [1.165, 1.54) is 0 Å². The number of nitrogens with zero attached hydrogens (tertiary/aromatic N) is 1. The lowest BCUT2D eigenvalue weighted by molar-refractivity contribution is -0.121. The van der Waals surface area contributed by atoms with Crippen LogP contribution in [0.2, 0.25) is 5.02 Å². The number of halogens is 1. The molecule has 134 valence electrons. The fourth-order valence-corrected chi connectivity index (χ4v) is 3.62. The number of carbonyl (C=O) groups is 2. The van der Waals surface area contributed by atoms with E-state index in [2.05, 4.69) is 5.32 Å². The maximum Gasteiger partial charge on any atom is 0.231 e. The summed E-state index contributed by atoms with van der Waals surface area (Å²) in [6.45, 7) is 1.10. The molecule has 2 amide bonds. The van der Waals surface area contributed by atoms with Gasteiger partial charge in [0.2, 0.25) is 11.8 Å². The normalized spacial score (nSPS) is 19.0. The summed E-state index contributed by atoms with van der Waals surface area (Å²) < 4.78 is 5.68. The van der Waals surface area contributed by atoms with Gasteiger partial charge in [0.05, 0.1) is 5.92 Å². The van der Waals surface area contributed by atoms with Crippen molar-refractivity contribution in [1.82, 2.24) is 0 Å². The van der Waals surface area contributed by atoms with Gasteiger partial charge in [-0.3, -0.25) is 9.59 Å². The lowest BCUT2D eigenvalue weighted by atomic mass is 9.96. The molecule has 6 heteroatoms. The van der Waals surface area contributed by atoms with Crippen LogP contribution in [0.25, 0.3) is 0 Å². The molecule has 2 aromatic carbocycles. The molecule has 2 aromatic rings. The van der Waals surface area contributed by atoms with E-state index in [0.717, 1.165) is 30.0 Å². The Morgan fingerprint density at radius 2 is 2.00 bits per heavy atom. The minimum absolute atomic E-state index is 0.0828. The van der Waals surface area contributed by atoms with Crippen LogP contribution in [0.3, 0.4) is 0 Å². The Kier molecular flexibility index (Phi) is 4.55. The summed E-state index contributed by atoms with van der Waals surface area (Å²) in [4.78, 5) is 26.1. The van der Waals surface area contributed by atoms with Crippen molar-refractivity contribution in [1.29, 1.82) is 0 Å². The lowest BCUT2D eigenvalue weighted by Crippen LogP contribution is -2.32. The van der Waals surface area contributed by atoms with Crippen LogP contribution in [-0.4, -0.2) is 25.0 Å². The Labute approximate surface area is 156 Å². The Bertz CT molecular complexity index is 851. The maximum atomic E-state index is 12.6. The molecule has 1 saturated heterocycles. The molecule has 1 fully saturated rings. The summed E-state index contributed by atoms with van der Waals surface area (Å²) in [5.74, 6) is 0.595. The number of amides is 2. The molecule has 0 aromatic heterocycles. The SMILES string of the molecule is O=C(Nc1ccc(N2CCCC2=O)cc1)C1COc2ccc(Cl)cc2C1. The number of benzene rings is 2. The molecule has 2 heterocycles. The van der Waals surface area contributed by atoms with Crippen molar-refractivity contribution in [3.8, 4) is 5.75 Å². The van der Waals surface area contributed by atoms with Crippen molar-refractivity contribution in [2.75, 3.05) is 23.4 Å². The second-order valence-electron chi connectivity index (χ2n) is 6.65. The maximum absolute atomic E-state index is 12.6. The Hall–Kier alpha value is -2.53. The fourth-order valence-electron chi connectivity index (χ4n) is 3.42. The molecule has 0 saturated carbocycles. The van der Waals surface area contributed by atoms with E-state index in [-0.39, 0.29) is 17.7 Å². The molecule has 4 rings (SSSR count). The number of nitrogens with one attached hydrogen (secondary N) is 1. The molecule has 2 aliphatic heterocycles. The minimum Gasteiger partial charge on any atom is -0.492 e. The van der Waals surface area contributed by atoms with E-state index in [4.69, 9.17) is 16.3 Å². The lowest BCUT2D eigenvalue weighted by Gasteiger charge is -2.25. The van der Waals surface area contributed by atoms with Gasteiger partial charge in [-0.05, 0) is 60.9 Å². The van der Waals surface area contributed by atoms with Crippen molar-refractivity contribution in [2.45, 2.75) is 19.3 Å². The van der Waals surface area contributed by atoms with Gasteiger partial charge in [0.15, 0.2) is 0 Å². The van der Waals surface area contributed by atoms with Gasteiger partial charge in [0.25, 0.3) is 0 Å². The number of rotatable bonds is 3. The van der Waals surface area contributed by atoms with Crippen molar-refractivity contribution >= 4 is 34.8 Å². The molecular weight excluding hydrogens is 352 g/mol. The van der Waals surface area contributed by atoms with Gasteiger partial charge < -0.3 is 15.0 Å². The Morgan fingerprint density at radius 1 is 1.19 bits per heavy atom. The van der Waals surface area contributed by atoms with Crippen LogP contribution >= 0.6 is 11.6 Å². The third-order valence-electron chi connectivity index (χ3n) is 4.82. The van der Waals surface area contributed by atoms with Crippen LogP contribution in [0.15, 0.2) is 42.5 Å². The summed E-state index contributed by atoms with van der Waals surface area (Å²) in [6, 6.07) is 12.9. The number of hydrogen-bond donors (Lipinski definition) is 1. The highest BCUT2D eigenvalue weighted by Gasteiger charge is 2.26. The van der Waals surface area contributed by atoms with E-state index in [0.29, 0.717) is 30.2 Å². The van der Waals surface area contributed by atoms with Crippen LogP contribution in [0.4, 0.5) is 11.4 Å². The van der Waals surface area contributed by atoms with Crippen molar-refractivity contribution in [2.24, 2.45) is 5.92 Å². The Balaban J connectivity index is 1.41. The molecule has 0 aliphatic carbocycles. The van der Waals surface area contributed by atoms with Gasteiger partial charge in [-0.15, -0.1) is 0 Å². The molecule has 0 bridgehead atoms. The van der Waals surface area contributed by atoms with Crippen LogP contribution in [0.1, 0.15) is 18.4 Å². The van der Waals surface area contributed by atoms with E-state index in [9.17, 15) is 9.59 Å². The van der Waals surface area contributed by atoms with Crippen LogP contribution in [0.5, 0.6) is 5.75 Å². The molecular formula is C20H19ClN2O3. The molecule has 5 nitrogen and oxygen atoms in total. The summed E-state index contributed by atoms with van der Waals surface area (Å²) in [5.41, 5.74) is 2.53. The fraction of sp³-hybridized carbons (Fsp3) is 0.300. The molecule has 2 aliphatic rings. The number of fused-ring (bicyclic) bond motifs is 1. The molecule has 1 unspecified atom stereocenters. The summed E-state index contributed by atoms with van der Waals surface area (Å²) in [6.07, 6.45) is 2.10. The highest BCUT2D eigenvalue weighted by molar-refractivity contribution is 6.30. The van der Waals surface area contributed by atoms with E-state index < -0.39 is 0 Å². The van der Waals surface area contributed by atoms with Crippen molar-refractivity contribution in [3.63, 3.8) is 0 Å². The Morgan fingerprint density at radius 3 is 2.73 bits per heavy atom. The van der Waals surface area contributed by atoms with Crippen LogP contribution < -0.4 is 15.0 Å². The third-order valence-corrected chi connectivity index (χ3v) is 5.05. The van der Waals surface area contributed by atoms with Crippen molar-refractivity contribution in [3.05, 3.63) is 53.1 Å². The summed E-state index contributed by atoms with van der Waals surface area (Å²) in [5, 5.41) is 3.57. The summed E-state index contributed by atoms with van der Waals surface area (Å²) in [7, 11) is 0. The first-order valence-electron chi connectivity index (χ1n) is 8.73. The second-order valence-corrected chi connectivity index (χ2v) is 7.09. The largest absolute Gasteiger partial charge is 0.492 e. The highest BCUT2D eigenvalue weighted by atomic mass is 35.5. The molecule has 0 spiro atoms. The zero-order valence-electron chi connectivity index (χ0n) is 14.2. The topological polar surface area (TPSA) is 58.6 Å². The number of carbonyl (C=O) groups excluding carboxylic acids is 2. The van der Waals surface area contributed by atoms with E-state index >= 15 is 0 Å². The number of ether oxygens (including phenoxy) is 1. The van der Waals surface area contributed by atoms with Gasteiger partial charge >= 0.3 is 0 Å². The predicted molar refractivity (Wildman–Crippen MR) is 101 cm³/mol. The van der Waals surface area contributed by atoms with E-state index in [1.807, 2.05) is 36.4 Å². The van der Waals surface area contributed by atoms with Crippen LogP contribution in [0, 0.1) is 5.92 Å². The average molecular weight is 371 g/mol. The van der Waals surface area contributed by atoms with Crippen molar-refractivity contribution < 1.29 is 14.3 Å². The van der Waals surface area contributed by atoms with Gasteiger partial charge in [0.1, 0.15) is 12.4 Å². The first-order chi connectivity index (χ1) is 12.6. The monoisotopic (exact) mass is 370 g/mol. The third kappa shape index (κ3) is 3.40. The second kappa shape index (κ2) is 7.00. The zero-order chi connectivity index (χ0) is 18.1. The van der Waals surface area contributed by atoms with Gasteiger partial charge in [0, 0.05) is 29.4 Å². The van der Waals surface area contributed by atoms with Gasteiger partial charge in [-0.25, -0.2) is 0 Å². The highest BCUT2D eigenvalue weighted by Crippen LogP contribution is 2.30. The average Bonchev–Trinajstić information content (AvgIpc) is 3.07. The minimum atomic E-state index is -0.263. The summed E-state index contributed by atoms with van der Waals surface area (Å²) >= 11 is 6.03. The van der Waals surface area contributed by atoms with Crippen LogP contribution in [-0.2, 0) is 16.0 Å². The zero-order valence-corrected chi connectivity index (χ0v) is 15.0.